The van der Waals surface area contributed by atoms with Crippen molar-refractivity contribution in [1.82, 2.24) is 10.2 Å². The van der Waals surface area contributed by atoms with Crippen molar-refractivity contribution in [2.24, 2.45) is 5.92 Å². The third-order valence-electron chi connectivity index (χ3n) is 6.42. The van der Waals surface area contributed by atoms with Gasteiger partial charge in [0.05, 0.1) is 18.6 Å². The van der Waals surface area contributed by atoms with Crippen molar-refractivity contribution in [2.45, 2.75) is 45.3 Å². The fourth-order valence-corrected chi connectivity index (χ4v) is 4.65. The number of amides is 2. The molecule has 38 heavy (non-hydrogen) atoms. The van der Waals surface area contributed by atoms with Crippen molar-refractivity contribution >= 4 is 11.8 Å². The first-order valence-corrected chi connectivity index (χ1v) is 12.3. The molecule has 0 aliphatic carbocycles. The van der Waals surface area contributed by atoms with Gasteiger partial charge < -0.3 is 20.1 Å². The summed E-state index contributed by atoms with van der Waals surface area (Å²) in [5, 5.41) is 12.5. The molecule has 2 atom stereocenters. The molecule has 2 amide bonds. The van der Waals surface area contributed by atoms with Gasteiger partial charge in [-0.05, 0) is 46.4 Å². The fourth-order valence-electron chi connectivity index (χ4n) is 4.65. The molecule has 0 saturated heterocycles. The van der Waals surface area contributed by atoms with Crippen LogP contribution in [-0.4, -0.2) is 34.7 Å². The number of benzene rings is 3. The molecule has 3 aromatic carbocycles. The summed E-state index contributed by atoms with van der Waals surface area (Å²) < 4.78 is 41.8. The number of fused-ring (bicyclic) bond motifs is 1. The Balaban J connectivity index is 1.77. The summed E-state index contributed by atoms with van der Waals surface area (Å²) >= 11 is 0. The van der Waals surface area contributed by atoms with Gasteiger partial charge in [0, 0.05) is 18.7 Å². The second-order valence-corrected chi connectivity index (χ2v) is 9.67. The molecule has 1 aliphatic rings. The molecule has 0 fully saturated rings. The number of hydrogen-bond donors (Lipinski definition) is 2. The van der Waals surface area contributed by atoms with Crippen molar-refractivity contribution in [3.8, 4) is 5.75 Å². The Morgan fingerprint density at radius 1 is 1.00 bits per heavy atom. The third-order valence-corrected chi connectivity index (χ3v) is 6.42. The first-order chi connectivity index (χ1) is 18.1. The molecule has 0 spiro atoms. The van der Waals surface area contributed by atoms with E-state index >= 15 is 0 Å². The number of carbonyl (C=O) groups excluding carboxylic acids is 2. The molecule has 0 unspecified atom stereocenters. The number of aliphatic hydroxyl groups is 1. The monoisotopic (exact) mass is 526 g/mol. The number of halogens is 3. The minimum absolute atomic E-state index is 0.0554. The smallest absolute Gasteiger partial charge is 0.406 e. The molecule has 6 nitrogen and oxygen atoms in total. The molecule has 0 saturated carbocycles. The highest BCUT2D eigenvalue weighted by Crippen LogP contribution is 2.43. The maximum Gasteiger partial charge on any atom is 0.573 e. The van der Waals surface area contributed by atoms with E-state index in [1.807, 2.05) is 13.8 Å². The van der Waals surface area contributed by atoms with Gasteiger partial charge in [-0.1, -0.05) is 68.4 Å². The predicted octanol–water partition coefficient (Wildman–Crippen LogP) is 5.33. The molecular formula is C29H29F3N2O4. The Hall–Kier alpha value is -3.85. The first kappa shape index (κ1) is 27.2. The molecule has 9 heteroatoms. The summed E-state index contributed by atoms with van der Waals surface area (Å²) in [6, 6.07) is 18.7. The summed E-state index contributed by atoms with van der Waals surface area (Å²) in [5.74, 6) is -1.39. The maximum atomic E-state index is 13.8. The van der Waals surface area contributed by atoms with Crippen LogP contribution in [-0.2, 0) is 17.9 Å². The predicted molar refractivity (Wildman–Crippen MR) is 135 cm³/mol. The fraction of sp³-hybridized carbons (Fsp3) is 0.310. The van der Waals surface area contributed by atoms with Crippen molar-refractivity contribution in [2.75, 3.05) is 6.54 Å². The van der Waals surface area contributed by atoms with E-state index in [9.17, 15) is 27.9 Å². The molecule has 0 radical (unpaired) electrons. The quantitative estimate of drug-likeness (QED) is 0.416. The number of nitrogens with zero attached hydrogens (tertiary/aromatic N) is 1. The molecule has 200 valence electrons. The highest BCUT2D eigenvalue weighted by molar-refractivity contribution is 6.01. The number of alkyl halides is 3. The number of hydrogen-bond acceptors (Lipinski definition) is 4. The van der Waals surface area contributed by atoms with Crippen LogP contribution in [0.25, 0.3) is 0 Å². The minimum Gasteiger partial charge on any atom is -0.406 e. The largest absolute Gasteiger partial charge is 0.573 e. The van der Waals surface area contributed by atoms with Gasteiger partial charge in [0.15, 0.2) is 0 Å². The first-order valence-electron chi connectivity index (χ1n) is 12.3. The van der Waals surface area contributed by atoms with Gasteiger partial charge in [0.25, 0.3) is 5.91 Å². The van der Waals surface area contributed by atoms with E-state index in [1.54, 1.807) is 53.4 Å². The van der Waals surface area contributed by atoms with E-state index in [4.69, 9.17) is 0 Å². The Bertz CT molecular complexity index is 1270. The van der Waals surface area contributed by atoms with Crippen molar-refractivity contribution in [3.05, 3.63) is 101 Å². The van der Waals surface area contributed by atoms with Crippen LogP contribution in [0.2, 0.25) is 0 Å². The third kappa shape index (κ3) is 6.16. The number of rotatable bonds is 8. The van der Waals surface area contributed by atoms with Crippen LogP contribution < -0.4 is 10.1 Å². The van der Waals surface area contributed by atoms with Gasteiger partial charge in [-0.3, -0.25) is 9.59 Å². The molecule has 1 aliphatic heterocycles. The van der Waals surface area contributed by atoms with Crippen LogP contribution in [0.1, 0.15) is 58.4 Å². The van der Waals surface area contributed by atoms with Gasteiger partial charge in [0.2, 0.25) is 5.91 Å². The zero-order chi connectivity index (χ0) is 27.4. The van der Waals surface area contributed by atoms with Gasteiger partial charge in [-0.15, -0.1) is 13.2 Å². The number of carbonyl (C=O) groups is 2. The second kappa shape index (κ2) is 11.3. The van der Waals surface area contributed by atoms with Gasteiger partial charge >= 0.3 is 6.36 Å². The summed E-state index contributed by atoms with van der Waals surface area (Å²) in [6.45, 7) is 4.34. The molecule has 3 aromatic rings. The molecule has 0 bridgehead atoms. The lowest BCUT2D eigenvalue weighted by Crippen LogP contribution is -2.47. The maximum absolute atomic E-state index is 13.8. The SMILES string of the molecule is CC(C)CNC(=O)[C@@H]1c2ccccc2C(=O)N(Cc2ccc(OC(F)(F)F)cc2)[C@H]1c1ccc(CO)cc1. The minimum atomic E-state index is -4.81. The van der Waals surface area contributed by atoms with E-state index in [0.29, 0.717) is 34.4 Å². The normalized spacial score (nSPS) is 17.3. The summed E-state index contributed by atoms with van der Waals surface area (Å²) in [5.41, 5.74) is 2.97. The zero-order valence-electron chi connectivity index (χ0n) is 21.0. The van der Waals surface area contributed by atoms with Crippen LogP contribution in [0.4, 0.5) is 13.2 Å². The van der Waals surface area contributed by atoms with Gasteiger partial charge in [-0.2, -0.15) is 0 Å². The van der Waals surface area contributed by atoms with Crippen LogP contribution in [0, 0.1) is 5.92 Å². The Kier molecular flexibility index (Phi) is 8.06. The lowest BCUT2D eigenvalue weighted by molar-refractivity contribution is -0.274. The van der Waals surface area contributed by atoms with Gasteiger partial charge in [-0.25, -0.2) is 0 Å². The topological polar surface area (TPSA) is 78.9 Å². The van der Waals surface area contributed by atoms with Crippen molar-refractivity contribution in [1.29, 1.82) is 0 Å². The van der Waals surface area contributed by atoms with Crippen LogP contribution in [0.15, 0.2) is 72.8 Å². The van der Waals surface area contributed by atoms with E-state index in [1.165, 1.54) is 24.3 Å². The molecule has 2 N–H and O–H groups in total. The van der Waals surface area contributed by atoms with E-state index in [0.717, 1.165) is 0 Å². The Morgan fingerprint density at radius 2 is 1.63 bits per heavy atom. The molecule has 0 aromatic heterocycles. The summed E-state index contributed by atoms with van der Waals surface area (Å²) in [7, 11) is 0. The number of ether oxygens (including phenoxy) is 1. The number of nitrogens with one attached hydrogen (secondary N) is 1. The lowest BCUT2D eigenvalue weighted by Gasteiger charge is -2.42. The van der Waals surface area contributed by atoms with Crippen molar-refractivity contribution in [3.63, 3.8) is 0 Å². The zero-order valence-corrected chi connectivity index (χ0v) is 21.0. The summed E-state index contributed by atoms with van der Waals surface area (Å²) in [6.07, 6.45) is -4.81. The second-order valence-electron chi connectivity index (χ2n) is 9.67. The molecular weight excluding hydrogens is 497 g/mol. The van der Waals surface area contributed by atoms with Crippen LogP contribution in [0.3, 0.4) is 0 Å². The lowest BCUT2D eigenvalue weighted by atomic mass is 9.78. The van der Waals surface area contributed by atoms with E-state index < -0.39 is 18.3 Å². The Labute approximate surface area is 219 Å². The summed E-state index contributed by atoms with van der Waals surface area (Å²) in [4.78, 5) is 29.0. The standard InChI is InChI=1S/C29H29F3N2O4/c1-18(2)15-33-27(36)25-23-5-3-4-6-24(23)28(37)34(26(25)21-11-7-20(17-35)8-12-21)16-19-9-13-22(14-10-19)38-29(30,31)32/h3-14,18,25-26,35H,15-17H2,1-2H3,(H,33,36)/t25-,26+/m1/s1. The van der Waals surface area contributed by atoms with Crippen LogP contribution in [0.5, 0.6) is 5.75 Å². The number of aliphatic hydroxyl groups excluding tert-OH is 1. The van der Waals surface area contributed by atoms with Gasteiger partial charge in [0.1, 0.15) is 5.75 Å². The molecule has 4 rings (SSSR count). The molecule has 1 heterocycles. The van der Waals surface area contributed by atoms with Crippen molar-refractivity contribution < 1.29 is 32.6 Å². The highest BCUT2D eigenvalue weighted by Gasteiger charge is 2.44. The average Bonchev–Trinajstić information content (AvgIpc) is 2.89. The average molecular weight is 527 g/mol. The van der Waals surface area contributed by atoms with E-state index in [2.05, 4.69) is 10.1 Å². The van der Waals surface area contributed by atoms with Crippen LogP contribution >= 0.6 is 0 Å². The highest BCUT2D eigenvalue weighted by atomic mass is 19.4. The van der Waals surface area contributed by atoms with E-state index in [-0.39, 0.29) is 36.6 Å². The Morgan fingerprint density at radius 3 is 2.24 bits per heavy atom.